The summed E-state index contributed by atoms with van der Waals surface area (Å²) in [6.07, 6.45) is 5.15. The second kappa shape index (κ2) is 46.8. The van der Waals surface area contributed by atoms with E-state index in [0.717, 1.165) is 17.0 Å². The lowest BCUT2D eigenvalue weighted by Gasteiger charge is -2.45. The Balaban J connectivity index is -0.000000188. The number of unbranched alkanes of at least 4 members (excludes halogenated alkanes) is 1. The lowest BCUT2D eigenvalue weighted by Crippen LogP contribution is -2.50. The zero-order chi connectivity index (χ0) is 77.1. The molecule has 14 heteroatoms. The first-order chi connectivity index (χ1) is 41.6. The maximum atomic E-state index is 6.43. The van der Waals surface area contributed by atoms with Crippen LogP contribution >= 0.6 is 0 Å². The van der Waals surface area contributed by atoms with E-state index in [0.29, 0.717) is 10.1 Å². The molecule has 0 heterocycles. The summed E-state index contributed by atoms with van der Waals surface area (Å²) in [5.41, 5.74) is 1.70. The van der Waals surface area contributed by atoms with Crippen LogP contribution in [0.4, 0.5) is 0 Å². The maximum Gasteiger partial charge on any atom is 0.198 e. The standard InChI is InChI=1S/4C12H28OSi.2C11H26OSi.C10H24OSi/c1-9-14(10-2,12(6,7)8)13-11(3,4)5;1-8-14(9-2,10-11(3)4)13-12(5,6)7;1-8-11(4)14(9-2,10-3)13-12(5,6)7;1-7-10-11-14(8-2,9-3)13-12(4,5)6;1-8-13(9-2,10(3)4)12-11(5,6)7;1-7-10-13(8-2,9-3)12-11(4,5)6;1-9(2,3)11-12(7,8)10(4,5)6/h9-10H2,1-8H3;2*11H,8-10H2,1-7H3;7-11H2,1-6H3;10H,8-9H2,1-7H3;7-10H2,1-6H3;1-8H3. The number of hydrogen-bond donors (Lipinski definition) is 0. The quantitative estimate of drug-likeness (QED) is 0.0692. The Hall–Kier alpha value is 1.24. The average molecular weight is 1460 g/mol. The van der Waals surface area contributed by atoms with Crippen molar-refractivity contribution < 1.29 is 31.0 Å². The Morgan fingerprint density at radius 3 is 0.713 bits per heavy atom. The fraction of sp³-hybridized carbons (Fsp3) is 1.00. The van der Waals surface area contributed by atoms with Crippen LogP contribution in [0.1, 0.15) is 351 Å². The van der Waals surface area contributed by atoms with E-state index in [1.807, 2.05) is 0 Å². The van der Waals surface area contributed by atoms with E-state index in [-0.39, 0.29) is 39.2 Å². The van der Waals surface area contributed by atoms with Crippen molar-refractivity contribution in [1.29, 1.82) is 0 Å². The van der Waals surface area contributed by atoms with Crippen molar-refractivity contribution in [1.82, 2.24) is 0 Å². The van der Waals surface area contributed by atoms with E-state index in [4.69, 9.17) is 31.0 Å². The Morgan fingerprint density at radius 1 is 0.277 bits per heavy atom. The number of hydrogen-bond acceptors (Lipinski definition) is 7. The maximum absolute atomic E-state index is 6.43. The summed E-state index contributed by atoms with van der Waals surface area (Å²) in [6.45, 7) is 110. The zero-order valence-electron chi connectivity index (χ0n) is 75.0. The molecule has 0 saturated carbocycles. The third-order valence-electron chi connectivity index (χ3n) is 19.3. The summed E-state index contributed by atoms with van der Waals surface area (Å²) in [5.74, 6) is 0.768. The van der Waals surface area contributed by atoms with Gasteiger partial charge in [-0.1, -0.05) is 206 Å². The van der Waals surface area contributed by atoms with Gasteiger partial charge in [0.15, 0.2) is 58.2 Å². The fourth-order valence-corrected chi connectivity index (χ4v) is 39.6. The predicted octanol–water partition coefficient (Wildman–Crippen LogP) is 30.4. The summed E-state index contributed by atoms with van der Waals surface area (Å²) in [4.78, 5) is 0. The number of rotatable bonds is 29. The highest BCUT2D eigenvalue weighted by molar-refractivity contribution is 6.77. The molecule has 0 aliphatic carbocycles. The zero-order valence-corrected chi connectivity index (χ0v) is 82.0. The summed E-state index contributed by atoms with van der Waals surface area (Å²) >= 11 is 0. The van der Waals surface area contributed by atoms with Gasteiger partial charge in [-0.2, -0.15) is 0 Å². The van der Waals surface area contributed by atoms with Crippen molar-refractivity contribution in [2.24, 2.45) is 5.92 Å². The van der Waals surface area contributed by atoms with Crippen LogP contribution < -0.4 is 0 Å². The van der Waals surface area contributed by atoms with Gasteiger partial charge < -0.3 is 31.0 Å². The Labute approximate surface area is 606 Å². The van der Waals surface area contributed by atoms with Crippen molar-refractivity contribution in [2.75, 3.05) is 0 Å². The third-order valence-corrected chi connectivity index (χ3v) is 56.3. The fourth-order valence-electron chi connectivity index (χ4n) is 13.2. The normalized spacial score (nSPS) is 14.2. The molecular weight excluding hydrogens is 1270 g/mol. The first-order valence-electron chi connectivity index (χ1n) is 39.5. The predicted molar refractivity (Wildman–Crippen MR) is 452 cm³/mol. The molecule has 1 unspecified atom stereocenters. The van der Waals surface area contributed by atoms with Crippen molar-refractivity contribution >= 4 is 58.2 Å². The van der Waals surface area contributed by atoms with Crippen molar-refractivity contribution in [3.05, 3.63) is 0 Å². The van der Waals surface area contributed by atoms with Crippen LogP contribution in [0.25, 0.3) is 0 Å². The van der Waals surface area contributed by atoms with Gasteiger partial charge in [-0.05, 0) is 276 Å². The molecular formula is C80H188O7Si7. The molecule has 0 saturated heterocycles. The minimum absolute atomic E-state index is 0.00298. The average Bonchev–Trinajstić information content (AvgIpc) is 0.844. The van der Waals surface area contributed by atoms with Crippen LogP contribution in [0.5, 0.6) is 0 Å². The molecule has 7 nitrogen and oxygen atoms in total. The minimum Gasteiger partial charge on any atom is -0.412 e. The highest BCUT2D eigenvalue weighted by Gasteiger charge is 2.47. The molecule has 0 aromatic carbocycles. The van der Waals surface area contributed by atoms with E-state index >= 15 is 0 Å². The van der Waals surface area contributed by atoms with Crippen LogP contribution in [-0.2, 0) is 31.0 Å². The first kappa shape index (κ1) is 109. The van der Waals surface area contributed by atoms with E-state index in [2.05, 4.69) is 339 Å². The summed E-state index contributed by atoms with van der Waals surface area (Å²) in [6, 6.07) is 18.9. The molecule has 0 aliphatic rings. The van der Waals surface area contributed by atoms with Gasteiger partial charge in [-0.15, -0.1) is 0 Å². The minimum atomic E-state index is -1.58. The van der Waals surface area contributed by atoms with Gasteiger partial charge in [-0.25, -0.2) is 0 Å². The van der Waals surface area contributed by atoms with Gasteiger partial charge >= 0.3 is 0 Å². The second-order valence-corrected chi connectivity index (χ2v) is 71.2. The Bertz CT molecular complexity index is 1780. The summed E-state index contributed by atoms with van der Waals surface area (Å²) in [7, 11) is -10.3. The van der Waals surface area contributed by atoms with Crippen LogP contribution in [0.15, 0.2) is 0 Å². The van der Waals surface area contributed by atoms with Crippen molar-refractivity contribution in [2.45, 2.75) is 515 Å². The summed E-state index contributed by atoms with van der Waals surface area (Å²) in [5, 5.41) is 0.657. The second-order valence-electron chi connectivity index (χ2n) is 38.3. The topological polar surface area (TPSA) is 64.6 Å². The monoisotopic (exact) mass is 1460 g/mol. The lowest BCUT2D eigenvalue weighted by atomic mass is 10.2. The Morgan fingerprint density at radius 2 is 0.553 bits per heavy atom. The molecule has 0 amide bonds. The molecule has 0 N–H and O–H groups in total. The van der Waals surface area contributed by atoms with E-state index < -0.39 is 58.2 Å². The Kier molecular flexibility index (Phi) is 54.1. The van der Waals surface area contributed by atoms with E-state index in [9.17, 15) is 0 Å². The van der Waals surface area contributed by atoms with Gasteiger partial charge in [0.1, 0.15) is 0 Å². The molecule has 578 valence electrons. The molecule has 0 aromatic heterocycles. The van der Waals surface area contributed by atoms with Gasteiger partial charge in [0.25, 0.3) is 0 Å². The molecule has 0 fully saturated rings. The molecule has 0 radical (unpaired) electrons. The van der Waals surface area contributed by atoms with Crippen LogP contribution in [0.3, 0.4) is 0 Å². The highest BCUT2D eigenvalue weighted by Crippen LogP contribution is 2.45. The van der Waals surface area contributed by atoms with Gasteiger partial charge in [0.05, 0.1) is 0 Å². The third kappa shape index (κ3) is 50.6. The molecule has 0 bridgehead atoms. The largest absolute Gasteiger partial charge is 0.412 e. The summed E-state index contributed by atoms with van der Waals surface area (Å²) < 4.78 is 44.3. The molecule has 94 heavy (non-hydrogen) atoms. The molecule has 1 atom stereocenters. The molecule has 0 spiro atoms. The highest BCUT2D eigenvalue weighted by atomic mass is 28.4. The lowest BCUT2D eigenvalue weighted by molar-refractivity contribution is 0.107. The molecule has 0 rings (SSSR count). The van der Waals surface area contributed by atoms with Crippen molar-refractivity contribution in [3.8, 4) is 0 Å². The van der Waals surface area contributed by atoms with Crippen LogP contribution in [0.2, 0.25) is 125 Å². The molecule has 0 aromatic rings. The van der Waals surface area contributed by atoms with E-state index in [1.165, 1.54) is 116 Å². The van der Waals surface area contributed by atoms with Crippen LogP contribution in [-0.4, -0.2) is 97.4 Å². The van der Waals surface area contributed by atoms with E-state index in [1.54, 1.807) is 0 Å². The van der Waals surface area contributed by atoms with Gasteiger partial charge in [0.2, 0.25) is 0 Å². The SMILES string of the molecule is CC(C)(C)O[Si](C)(C)C(C)(C)C.CCC(C)[Si](CC)(CC)OC(C)(C)C.CCCC[Si](CC)(CC)OC(C)(C)C.CCC[Si](CC)(CC)OC(C)(C)C.CC[Si](CC)(CC(C)C)OC(C)(C)C.CC[Si](CC)(OC(C)(C)C)C(C)(C)C.CC[Si](CC)(OC(C)(C)C)C(C)C. The van der Waals surface area contributed by atoms with Gasteiger partial charge in [-0.3, -0.25) is 0 Å². The molecule has 0 aliphatic heterocycles. The van der Waals surface area contributed by atoms with Crippen LogP contribution in [0, 0.1) is 5.92 Å². The van der Waals surface area contributed by atoms with Crippen molar-refractivity contribution in [3.63, 3.8) is 0 Å². The first-order valence-corrected chi connectivity index (χ1v) is 57.2. The van der Waals surface area contributed by atoms with Gasteiger partial charge in [0, 0.05) is 39.2 Å². The smallest absolute Gasteiger partial charge is 0.198 e.